The summed E-state index contributed by atoms with van der Waals surface area (Å²) in [7, 11) is 3.06. The number of hydrogen-bond donors (Lipinski definition) is 1. The van der Waals surface area contributed by atoms with E-state index >= 15 is 0 Å². The molecular formula is C32H28FN3O6S3. The van der Waals surface area contributed by atoms with Crippen LogP contribution in [0.4, 0.5) is 9.39 Å². The number of thiophene rings is 2. The molecule has 232 valence electrons. The number of allylic oxidation sites excluding steroid dienone is 1. The molecule has 3 aromatic heterocycles. The van der Waals surface area contributed by atoms with Gasteiger partial charge in [0.15, 0.2) is 16.7 Å². The van der Waals surface area contributed by atoms with Gasteiger partial charge in [-0.25, -0.2) is 14.2 Å². The van der Waals surface area contributed by atoms with Gasteiger partial charge in [0.1, 0.15) is 21.2 Å². The molecule has 0 atom stereocenters. The van der Waals surface area contributed by atoms with Crippen molar-refractivity contribution in [3.05, 3.63) is 87.6 Å². The molecule has 0 saturated carbocycles. The lowest BCUT2D eigenvalue weighted by molar-refractivity contribution is -0.113. The molecule has 2 aromatic carbocycles. The van der Waals surface area contributed by atoms with Crippen molar-refractivity contribution < 1.29 is 28.2 Å². The third kappa shape index (κ3) is 6.65. The van der Waals surface area contributed by atoms with Gasteiger partial charge in [0.2, 0.25) is 5.91 Å². The van der Waals surface area contributed by atoms with Crippen LogP contribution in [0.25, 0.3) is 32.5 Å². The predicted molar refractivity (Wildman–Crippen MR) is 178 cm³/mol. The zero-order valence-corrected chi connectivity index (χ0v) is 27.0. The Morgan fingerprint density at radius 3 is 2.44 bits per heavy atom. The van der Waals surface area contributed by atoms with Crippen molar-refractivity contribution in [1.29, 1.82) is 0 Å². The summed E-state index contributed by atoms with van der Waals surface area (Å²) in [6.45, 7) is 5.80. The number of carbonyl (C=O) groups is 2. The van der Waals surface area contributed by atoms with Gasteiger partial charge in [-0.1, -0.05) is 36.0 Å². The van der Waals surface area contributed by atoms with Crippen LogP contribution >= 0.6 is 34.4 Å². The molecule has 9 nitrogen and oxygen atoms in total. The zero-order valence-electron chi connectivity index (χ0n) is 24.5. The molecule has 3 heterocycles. The van der Waals surface area contributed by atoms with Crippen LogP contribution in [0.5, 0.6) is 11.5 Å². The Balaban J connectivity index is 1.41. The number of carbonyl (C=O) groups excluding carboxylic acids is 2. The summed E-state index contributed by atoms with van der Waals surface area (Å²) >= 11 is 3.59. The third-order valence-electron chi connectivity index (χ3n) is 6.68. The number of nitrogens with zero attached hydrogens (tertiary/aromatic N) is 2. The van der Waals surface area contributed by atoms with Crippen molar-refractivity contribution in [2.75, 3.05) is 31.9 Å². The van der Waals surface area contributed by atoms with Crippen LogP contribution in [0.2, 0.25) is 0 Å². The molecule has 0 aliphatic heterocycles. The molecule has 5 aromatic rings. The molecule has 45 heavy (non-hydrogen) atoms. The van der Waals surface area contributed by atoms with Crippen molar-refractivity contribution in [1.82, 2.24) is 9.55 Å². The van der Waals surface area contributed by atoms with E-state index in [-0.39, 0.29) is 35.8 Å². The van der Waals surface area contributed by atoms with Gasteiger partial charge in [0.05, 0.1) is 32.0 Å². The van der Waals surface area contributed by atoms with E-state index in [4.69, 9.17) is 19.2 Å². The molecule has 5 rings (SSSR count). The molecule has 0 aliphatic carbocycles. The van der Waals surface area contributed by atoms with E-state index in [1.54, 1.807) is 48.7 Å². The van der Waals surface area contributed by atoms with Gasteiger partial charge in [0.25, 0.3) is 5.56 Å². The highest BCUT2D eigenvalue weighted by Crippen LogP contribution is 2.40. The Labute approximate surface area is 270 Å². The van der Waals surface area contributed by atoms with Gasteiger partial charge < -0.3 is 19.5 Å². The minimum absolute atomic E-state index is 0.0862. The Hall–Kier alpha value is -4.46. The number of halogens is 1. The van der Waals surface area contributed by atoms with Crippen LogP contribution in [0.1, 0.15) is 17.3 Å². The number of thioether (sulfide) groups is 1. The Morgan fingerprint density at radius 2 is 1.76 bits per heavy atom. The lowest BCUT2D eigenvalue weighted by Crippen LogP contribution is -2.23. The minimum Gasteiger partial charge on any atom is -0.493 e. The summed E-state index contributed by atoms with van der Waals surface area (Å²) in [4.78, 5) is 45.1. The fourth-order valence-corrected chi connectivity index (χ4v) is 7.38. The lowest BCUT2D eigenvalue weighted by atomic mass is 10.0. The van der Waals surface area contributed by atoms with Gasteiger partial charge >= 0.3 is 5.97 Å². The molecule has 1 N–H and O–H groups in total. The maximum Gasteiger partial charge on any atom is 0.341 e. The summed E-state index contributed by atoms with van der Waals surface area (Å²) in [6, 6.07) is 11.2. The average Bonchev–Trinajstić information content (AvgIpc) is 3.66. The van der Waals surface area contributed by atoms with Crippen LogP contribution in [0.3, 0.4) is 0 Å². The van der Waals surface area contributed by atoms with Crippen molar-refractivity contribution in [3.8, 4) is 33.8 Å². The van der Waals surface area contributed by atoms with Crippen LogP contribution in [0.15, 0.2) is 75.8 Å². The van der Waals surface area contributed by atoms with E-state index in [2.05, 4.69) is 11.9 Å². The number of aromatic nitrogens is 2. The number of methoxy groups -OCH3 is 2. The number of amides is 1. The highest BCUT2D eigenvalue weighted by molar-refractivity contribution is 7.99. The number of hydrogen-bond acceptors (Lipinski definition) is 10. The van der Waals surface area contributed by atoms with E-state index in [1.807, 2.05) is 5.38 Å². The molecule has 0 aliphatic rings. The first kappa shape index (κ1) is 31.9. The van der Waals surface area contributed by atoms with E-state index in [9.17, 15) is 18.8 Å². The fourth-order valence-electron chi connectivity index (χ4n) is 4.61. The first-order valence-electron chi connectivity index (χ1n) is 13.6. The van der Waals surface area contributed by atoms with Crippen molar-refractivity contribution in [2.24, 2.45) is 0 Å². The zero-order chi connectivity index (χ0) is 32.1. The standard InChI is InChI=1S/C32H28FN3O6S3/c1-5-13-36-30(38)26-21(18-7-10-20(33)11-8-18)15-43-28(26)35-32(36)45-17-25(37)34-29-27(31(39)42-6-2)22(16-44-29)19-9-12-23(40-3)24(14-19)41-4/h5,7-12,14-16H,1,6,13,17H2,2-4H3,(H,34,37). The normalized spacial score (nSPS) is 10.9. The first-order valence-corrected chi connectivity index (χ1v) is 16.4. The van der Waals surface area contributed by atoms with Gasteiger partial charge in [0, 0.05) is 28.4 Å². The highest BCUT2D eigenvalue weighted by Gasteiger charge is 2.24. The summed E-state index contributed by atoms with van der Waals surface area (Å²) in [6.07, 6.45) is 1.58. The third-order valence-corrected chi connectivity index (χ3v) is 9.42. The average molecular weight is 666 g/mol. The second-order valence-corrected chi connectivity index (χ2v) is 12.1. The molecule has 13 heteroatoms. The molecule has 0 spiro atoms. The van der Waals surface area contributed by atoms with Crippen LogP contribution in [0, 0.1) is 5.82 Å². The van der Waals surface area contributed by atoms with Gasteiger partial charge in [-0.3, -0.25) is 14.2 Å². The second kappa shape index (κ2) is 14.1. The Morgan fingerprint density at radius 1 is 1.04 bits per heavy atom. The number of rotatable bonds is 12. The smallest absolute Gasteiger partial charge is 0.341 e. The quantitative estimate of drug-likeness (QED) is 0.0651. The topological polar surface area (TPSA) is 109 Å². The summed E-state index contributed by atoms with van der Waals surface area (Å²) in [5.74, 6) is -0.403. The van der Waals surface area contributed by atoms with Crippen LogP contribution < -0.4 is 20.3 Å². The van der Waals surface area contributed by atoms with E-state index in [0.717, 1.165) is 11.8 Å². The predicted octanol–water partition coefficient (Wildman–Crippen LogP) is 7.10. The lowest BCUT2D eigenvalue weighted by Gasteiger charge is -2.12. The molecule has 0 radical (unpaired) electrons. The van der Waals surface area contributed by atoms with Crippen LogP contribution in [-0.2, 0) is 16.1 Å². The highest BCUT2D eigenvalue weighted by atomic mass is 32.2. The number of ether oxygens (including phenoxy) is 3. The van der Waals surface area contributed by atoms with E-state index < -0.39 is 11.9 Å². The summed E-state index contributed by atoms with van der Waals surface area (Å²) in [5.41, 5.74) is 2.56. The Kier molecular flexibility index (Phi) is 10.0. The maximum absolute atomic E-state index is 13.6. The molecule has 0 bridgehead atoms. The molecule has 0 unspecified atom stereocenters. The van der Waals surface area contributed by atoms with Crippen molar-refractivity contribution >= 4 is 61.5 Å². The van der Waals surface area contributed by atoms with Gasteiger partial charge in [-0.2, -0.15) is 0 Å². The first-order chi connectivity index (χ1) is 21.8. The number of fused-ring (bicyclic) bond motifs is 1. The number of anilines is 1. The van der Waals surface area contributed by atoms with Crippen molar-refractivity contribution in [2.45, 2.75) is 18.6 Å². The van der Waals surface area contributed by atoms with Gasteiger partial charge in [-0.15, -0.1) is 29.3 Å². The fraction of sp³-hybridized carbons (Fsp3) is 0.188. The van der Waals surface area contributed by atoms with Crippen molar-refractivity contribution in [3.63, 3.8) is 0 Å². The molecule has 0 saturated heterocycles. The van der Waals surface area contributed by atoms with Crippen LogP contribution in [-0.4, -0.2) is 48.0 Å². The summed E-state index contributed by atoms with van der Waals surface area (Å²) < 4.78 is 31.0. The number of benzene rings is 2. The summed E-state index contributed by atoms with van der Waals surface area (Å²) in [5, 5.41) is 7.51. The van der Waals surface area contributed by atoms with E-state index in [0.29, 0.717) is 54.1 Å². The monoisotopic (exact) mass is 665 g/mol. The van der Waals surface area contributed by atoms with E-state index in [1.165, 1.54) is 53.6 Å². The number of nitrogens with one attached hydrogen (secondary N) is 1. The second-order valence-electron chi connectivity index (χ2n) is 9.42. The molecular weight excluding hydrogens is 638 g/mol. The number of esters is 1. The Bertz CT molecular complexity index is 1950. The SMILES string of the molecule is C=CCn1c(SCC(=O)Nc2scc(-c3ccc(OC)c(OC)c3)c2C(=O)OCC)nc2scc(-c3ccc(F)cc3)c2c1=O. The molecule has 0 fully saturated rings. The largest absolute Gasteiger partial charge is 0.493 e. The molecule has 1 amide bonds. The minimum atomic E-state index is -0.576. The van der Waals surface area contributed by atoms with Gasteiger partial charge in [-0.05, 0) is 42.3 Å². The maximum atomic E-state index is 13.6.